The number of amides is 2. The largest absolute Gasteiger partial charge is 0.345 e. The number of nitrogens with zero attached hydrogens (tertiary/aromatic N) is 3. The van der Waals surface area contributed by atoms with Gasteiger partial charge in [-0.2, -0.15) is 0 Å². The molecule has 39 heavy (non-hydrogen) atoms. The van der Waals surface area contributed by atoms with Gasteiger partial charge in [0.2, 0.25) is 5.91 Å². The number of unbranched alkanes of at least 4 members (excludes halogenated alkanes) is 1. The number of aryl methyl sites for hydroxylation is 1. The van der Waals surface area contributed by atoms with Crippen molar-refractivity contribution >= 4 is 11.8 Å². The summed E-state index contributed by atoms with van der Waals surface area (Å²) in [4.78, 5) is 31.2. The lowest BCUT2D eigenvalue weighted by atomic mass is 9.94. The molecule has 0 bridgehead atoms. The second-order valence-corrected chi connectivity index (χ2v) is 10.7. The predicted molar refractivity (Wildman–Crippen MR) is 154 cm³/mol. The van der Waals surface area contributed by atoms with Gasteiger partial charge in [0.25, 0.3) is 5.91 Å². The highest BCUT2D eigenvalue weighted by Gasteiger charge is 2.29. The molecule has 2 amide bonds. The minimum absolute atomic E-state index is 0.00561. The van der Waals surface area contributed by atoms with Crippen molar-refractivity contribution in [2.75, 3.05) is 13.1 Å². The molecular weight excluding hydrogens is 489 g/mol. The number of hydrogen-bond donors (Lipinski definition) is 0. The maximum absolute atomic E-state index is 14.0. The van der Waals surface area contributed by atoms with Crippen molar-refractivity contribution in [1.29, 1.82) is 0 Å². The van der Waals surface area contributed by atoms with Crippen LogP contribution in [0.3, 0.4) is 0 Å². The lowest BCUT2D eigenvalue weighted by Crippen LogP contribution is -2.47. The van der Waals surface area contributed by atoms with E-state index in [2.05, 4.69) is 24.5 Å². The summed E-state index contributed by atoms with van der Waals surface area (Å²) in [6.45, 7) is 5.96. The molecule has 2 aromatic carbocycles. The Kier molecular flexibility index (Phi) is 10.3. The van der Waals surface area contributed by atoms with Gasteiger partial charge < -0.3 is 14.4 Å². The number of halogens is 1. The average Bonchev–Trinajstić information content (AvgIpc) is 3.41. The first-order valence-electron chi connectivity index (χ1n) is 14.5. The zero-order valence-electron chi connectivity index (χ0n) is 23.4. The molecule has 0 aliphatic heterocycles. The van der Waals surface area contributed by atoms with Crippen LogP contribution in [-0.2, 0) is 24.3 Å². The van der Waals surface area contributed by atoms with Gasteiger partial charge in [0, 0.05) is 36.6 Å². The van der Waals surface area contributed by atoms with Gasteiger partial charge in [-0.25, -0.2) is 4.39 Å². The Morgan fingerprint density at radius 3 is 2.28 bits per heavy atom. The van der Waals surface area contributed by atoms with Gasteiger partial charge in [-0.1, -0.05) is 63.8 Å². The zero-order valence-corrected chi connectivity index (χ0v) is 23.4. The molecule has 0 atom stereocenters. The molecule has 0 radical (unpaired) electrons. The Morgan fingerprint density at radius 2 is 1.62 bits per heavy atom. The van der Waals surface area contributed by atoms with Crippen molar-refractivity contribution < 1.29 is 14.0 Å². The first-order valence-corrected chi connectivity index (χ1v) is 14.5. The standard InChI is InChI=1S/C33H42FN3O2/c1-3-5-21-36(33(39)28-17-13-26(4-2)14-18-28)25-32(38)37(30-10-7-6-8-11-30)24-31-12-9-22-35(31)23-27-15-19-29(34)20-16-27/h9,12-20,22,30H,3-8,10-11,21,23-25H2,1-2H3. The summed E-state index contributed by atoms with van der Waals surface area (Å²) >= 11 is 0. The summed E-state index contributed by atoms with van der Waals surface area (Å²) in [5.74, 6) is -0.321. The van der Waals surface area contributed by atoms with E-state index in [4.69, 9.17) is 0 Å². The van der Waals surface area contributed by atoms with Crippen molar-refractivity contribution in [3.8, 4) is 0 Å². The molecular formula is C33H42FN3O2. The Morgan fingerprint density at radius 1 is 0.923 bits per heavy atom. The SMILES string of the molecule is CCCCN(CC(=O)N(Cc1cccn1Cc1ccc(F)cc1)C1CCCCC1)C(=O)c1ccc(CC)cc1. The van der Waals surface area contributed by atoms with E-state index in [-0.39, 0.29) is 30.2 Å². The average molecular weight is 532 g/mol. The first kappa shape index (κ1) is 28.6. The topological polar surface area (TPSA) is 45.6 Å². The van der Waals surface area contributed by atoms with Crippen LogP contribution in [0.4, 0.5) is 4.39 Å². The molecule has 5 nitrogen and oxygen atoms in total. The molecule has 1 heterocycles. The van der Waals surface area contributed by atoms with Crippen LogP contribution in [0.2, 0.25) is 0 Å². The summed E-state index contributed by atoms with van der Waals surface area (Å²) in [7, 11) is 0. The monoisotopic (exact) mass is 531 g/mol. The van der Waals surface area contributed by atoms with Crippen molar-refractivity contribution in [1.82, 2.24) is 14.4 Å². The van der Waals surface area contributed by atoms with Gasteiger partial charge in [0.05, 0.1) is 6.54 Å². The number of hydrogen-bond acceptors (Lipinski definition) is 2. The van der Waals surface area contributed by atoms with Crippen LogP contribution < -0.4 is 0 Å². The fraction of sp³-hybridized carbons (Fsp3) is 0.455. The normalized spacial score (nSPS) is 13.8. The van der Waals surface area contributed by atoms with Crippen molar-refractivity contribution in [2.24, 2.45) is 0 Å². The third-order valence-electron chi connectivity index (χ3n) is 7.86. The van der Waals surface area contributed by atoms with E-state index < -0.39 is 0 Å². The highest BCUT2D eigenvalue weighted by molar-refractivity contribution is 5.96. The number of carbonyl (C=O) groups is 2. The van der Waals surface area contributed by atoms with Crippen molar-refractivity contribution in [3.05, 3.63) is 95.1 Å². The molecule has 1 aromatic heterocycles. The van der Waals surface area contributed by atoms with Crippen LogP contribution >= 0.6 is 0 Å². The van der Waals surface area contributed by atoms with Gasteiger partial charge >= 0.3 is 0 Å². The highest BCUT2D eigenvalue weighted by atomic mass is 19.1. The minimum Gasteiger partial charge on any atom is -0.345 e. The van der Waals surface area contributed by atoms with Crippen LogP contribution in [0, 0.1) is 5.82 Å². The van der Waals surface area contributed by atoms with Gasteiger partial charge in [-0.05, 0) is 73.2 Å². The maximum Gasteiger partial charge on any atom is 0.254 e. The lowest BCUT2D eigenvalue weighted by molar-refractivity contribution is -0.135. The van der Waals surface area contributed by atoms with Gasteiger partial charge in [0.15, 0.2) is 0 Å². The van der Waals surface area contributed by atoms with E-state index in [1.165, 1.54) is 24.1 Å². The van der Waals surface area contributed by atoms with Gasteiger partial charge in [-0.3, -0.25) is 9.59 Å². The van der Waals surface area contributed by atoms with E-state index in [0.717, 1.165) is 56.2 Å². The van der Waals surface area contributed by atoms with E-state index >= 15 is 0 Å². The van der Waals surface area contributed by atoms with Crippen molar-refractivity contribution in [2.45, 2.75) is 84.3 Å². The minimum atomic E-state index is -0.246. The number of carbonyl (C=O) groups excluding carboxylic acids is 2. The van der Waals surface area contributed by atoms with E-state index in [9.17, 15) is 14.0 Å². The van der Waals surface area contributed by atoms with Crippen LogP contribution in [0.1, 0.15) is 86.0 Å². The Labute approximate surface area is 232 Å². The smallest absolute Gasteiger partial charge is 0.254 e. The zero-order chi connectivity index (χ0) is 27.6. The van der Waals surface area contributed by atoms with Gasteiger partial charge in [-0.15, -0.1) is 0 Å². The second kappa shape index (κ2) is 14.1. The first-order chi connectivity index (χ1) is 19.0. The summed E-state index contributed by atoms with van der Waals surface area (Å²) in [6, 6.07) is 18.5. The molecule has 208 valence electrons. The summed E-state index contributed by atoms with van der Waals surface area (Å²) in [5, 5.41) is 0. The van der Waals surface area contributed by atoms with E-state index in [1.54, 1.807) is 17.0 Å². The molecule has 0 unspecified atom stereocenters. The molecule has 0 spiro atoms. The molecule has 0 N–H and O–H groups in total. The maximum atomic E-state index is 14.0. The fourth-order valence-electron chi connectivity index (χ4n) is 5.44. The molecule has 0 saturated heterocycles. The summed E-state index contributed by atoms with van der Waals surface area (Å²) in [5.41, 5.74) is 3.87. The fourth-order valence-corrected chi connectivity index (χ4v) is 5.44. The molecule has 1 fully saturated rings. The number of rotatable bonds is 12. The Hall–Kier alpha value is -3.41. The quantitative estimate of drug-likeness (QED) is 0.257. The molecule has 1 aliphatic rings. The summed E-state index contributed by atoms with van der Waals surface area (Å²) < 4.78 is 15.5. The molecule has 1 aliphatic carbocycles. The third kappa shape index (κ3) is 7.81. The number of aromatic nitrogens is 1. The number of benzene rings is 2. The Balaban J connectivity index is 1.53. The van der Waals surface area contributed by atoms with E-state index in [1.807, 2.05) is 41.4 Å². The molecule has 6 heteroatoms. The van der Waals surface area contributed by atoms with Crippen molar-refractivity contribution in [3.63, 3.8) is 0 Å². The van der Waals surface area contributed by atoms with Crippen LogP contribution in [0.15, 0.2) is 66.9 Å². The van der Waals surface area contributed by atoms with E-state index in [0.29, 0.717) is 25.2 Å². The van der Waals surface area contributed by atoms with Gasteiger partial charge in [0.1, 0.15) is 12.4 Å². The van der Waals surface area contributed by atoms with Crippen LogP contribution in [-0.4, -0.2) is 45.3 Å². The third-order valence-corrected chi connectivity index (χ3v) is 7.86. The molecule has 4 rings (SSSR count). The highest BCUT2D eigenvalue weighted by Crippen LogP contribution is 2.25. The Bertz CT molecular complexity index is 1200. The summed E-state index contributed by atoms with van der Waals surface area (Å²) in [6.07, 6.45) is 10.2. The second-order valence-electron chi connectivity index (χ2n) is 10.7. The van der Waals surface area contributed by atoms with Crippen LogP contribution in [0.25, 0.3) is 0 Å². The predicted octanol–water partition coefficient (Wildman–Crippen LogP) is 6.84. The lowest BCUT2D eigenvalue weighted by Gasteiger charge is -2.36. The molecule has 3 aromatic rings. The van der Waals surface area contributed by atoms with Crippen LogP contribution in [0.5, 0.6) is 0 Å². The molecule has 1 saturated carbocycles.